The second-order valence-corrected chi connectivity index (χ2v) is 8.50. The first-order valence-corrected chi connectivity index (χ1v) is 7.52. The van der Waals surface area contributed by atoms with Crippen LogP contribution in [-0.2, 0) is 14.2 Å². The number of hydrogen-bond donors (Lipinski definition) is 0. The van der Waals surface area contributed by atoms with E-state index >= 15 is 0 Å². The lowest BCUT2D eigenvalue weighted by molar-refractivity contribution is -0.203. The number of fused-ring (bicyclic) bond motifs is 3. The predicted octanol–water partition coefficient (Wildman–Crippen LogP) is 3.25. The molecule has 1 heterocycles. The predicted molar refractivity (Wildman–Crippen MR) is 74.5 cm³/mol. The van der Waals surface area contributed by atoms with Crippen LogP contribution < -0.4 is 0 Å². The Kier molecular flexibility index (Phi) is 2.67. The third-order valence-corrected chi connectivity index (χ3v) is 4.34. The van der Waals surface area contributed by atoms with Gasteiger partial charge in [-0.1, -0.05) is 0 Å². The summed E-state index contributed by atoms with van der Waals surface area (Å²) in [5.41, 5.74) is -2.29. The molecule has 2 saturated carbocycles. The minimum atomic E-state index is -1.42. The first-order valence-electron chi connectivity index (χ1n) is 8.10. The molecule has 1 saturated heterocycles. The van der Waals surface area contributed by atoms with Crippen LogP contribution in [0, 0.1) is 5.92 Å². The van der Waals surface area contributed by atoms with Crippen molar-refractivity contribution in [1.29, 1.82) is 0 Å². The highest BCUT2D eigenvalue weighted by molar-refractivity contribution is 5.29. The van der Waals surface area contributed by atoms with Crippen LogP contribution >= 0.6 is 0 Å². The lowest BCUT2D eigenvalue weighted by Crippen LogP contribution is -2.54. The molecule has 6 atom stereocenters. The maximum absolute atomic E-state index is 14.8. The monoisotopic (exact) mass is 288 g/mol. The molecule has 116 valence electrons. The second kappa shape index (κ2) is 3.96. The summed E-state index contributed by atoms with van der Waals surface area (Å²) < 4.78 is 40.7. The zero-order valence-corrected chi connectivity index (χ0v) is 13.3. The molecule has 1 aliphatic heterocycles. The maximum Gasteiger partial charge on any atom is 0.155 e. The molecule has 0 spiro atoms. The Labute approximate surface area is 122 Å². The number of alkyl halides is 1. The van der Waals surface area contributed by atoms with Crippen LogP contribution in [0.1, 0.15) is 55.8 Å². The molecule has 3 nitrogen and oxygen atoms in total. The molecule has 20 heavy (non-hydrogen) atoms. The summed E-state index contributed by atoms with van der Waals surface area (Å²) in [7, 11) is 0. The Morgan fingerprint density at radius 2 is 1.55 bits per heavy atom. The molecule has 0 N–H and O–H groups in total. The molecular formula is C16H27FO3. The van der Waals surface area contributed by atoms with Gasteiger partial charge in [0.25, 0.3) is 0 Å². The van der Waals surface area contributed by atoms with E-state index in [1.807, 2.05) is 41.5 Å². The van der Waals surface area contributed by atoms with Gasteiger partial charge >= 0.3 is 0 Å². The van der Waals surface area contributed by atoms with Gasteiger partial charge in [0.05, 0.1) is 19.2 Å². The van der Waals surface area contributed by atoms with Gasteiger partial charge in [0.1, 0.15) is 17.3 Å². The lowest BCUT2D eigenvalue weighted by Gasteiger charge is -2.40. The van der Waals surface area contributed by atoms with E-state index in [1.54, 1.807) is 0 Å². The molecule has 0 aromatic carbocycles. The summed E-state index contributed by atoms with van der Waals surface area (Å²) in [5.74, 6) is 0.273. The SMILES string of the molecule is [3H][C@@H]1O[C@@H]2[C@@]3(OC(C)(C)C)C[C@H]3C[C@]2(OC(C)(C)C)[C@@H]1F. The smallest absolute Gasteiger partial charge is 0.155 e. The van der Waals surface area contributed by atoms with Crippen molar-refractivity contribution in [3.05, 3.63) is 0 Å². The van der Waals surface area contributed by atoms with E-state index in [2.05, 4.69) is 0 Å². The normalized spacial score (nSPS) is 51.6. The average Bonchev–Trinajstić information content (AvgIpc) is 2.77. The standard InChI is InChI=1S/C16H27FO3/c1-13(2,3)19-15-7-10(15)8-16(20-14(4,5)6)11(17)9-18-12(15)16/h10-12H,7-9H2,1-6H3/t10-,11+,12+,15+,16-/m0/s1/i9T/t9-,10-,11+,12+,15+,16-. The van der Waals surface area contributed by atoms with Crippen LogP contribution in [0.2, 0.25) is 0 Å². The van der Waals surface area contributed by atoms with Gasteiger partial charge in [0.15, 0.2) is 6.17 Å². The Bertz CT molecular complexity index is 444. The summed E-state index contributed by atoms with van der Waals surface area (Å²) in [5, 5.41) is 0. The Hall–Kier alpha value is -0.190. The van der Waals surface area contributed by atoms with E-state index in [0.29, 0.717) is 6.42 Å². The number of hydrogen-bond acceptors (Lipinski definition) is 3. The molecule has 3 fully saturated rings. The molecule has 0 amide bonds. The van der Waals surface area contributed by atoms with Crippen molar-refractivity contribution in [2.75, 3.05) is 6.58 Å². The van der Waals surface area contributed by atoms with Gasteiger partial charge in [-0.15, -0.1) is 0 Å². The van der Waals surface area contributed by atoms with Gasteiger partial charge < -0.3 is 14.2 Å². The van der Waals surface area contributed by atoms with Crippen molar-refractivity contribution in [3.8, 4) is 0 Å². The molecule has 0 bridgehead atoms. The number of halogens is 1. The molecule has 4 heteroatoms. The van der Waals surface area contributed by atoms with Gasteiger partial charge in [-0.2, -0.15) is 0 Å². The second-order valence-electron chi connectivity index (χ2n) is 8.50. The Morgan fingerprint density at radius 1 is 1.05 bits per heavy atom. The molecular weight excluding hydrogens is 259 g/mol. The summed E-state index contributed by atoms with van der Waals surface area (Å²) >= 11 is 0. The van der Waals surface area contributed by atoms with Crippen molar-refractivity contribution in [1.82, 2.24) is 0 Å². The summed E-state index contributed by atoms with van der Waals surface area (Å²) in [6.45, 7) is 10.6. The molecule has 2 aliphatic carbocycles. The van der Waals surface area contributed by atoms with Gasteiger partial charge in [-0.25, -0.2) is 4.39 Å². The Morgan fingerprint density at radius 3 is 2.10 bits per heavy atom. The van der Waals surface area contributed by atoms with Crippen LogP contribution in [0.5, 0.6) is 0 Å². The Balaban J connectivity index is 1.92. The lowest BCUT2D eigenvalue weighted by atomic mass is 9.90. The van der Waals surface area contributed by atoms with Gasteiger partial charge in [-0.05, 0) is 60.3 Å². The summed E-state index contributed by atoms with van der Waals surface area (Å²) in [6, 6.07) is 0. The van der Waals surface area contributed by atoms with Crippen LogP contribution in [0.3, 0.4) is 0 Å². The number of rotatable bonds is 2. The molecule has 3 rings (SSSR count). The topological polar surface area (TPSA) is 27.7 Å². The van der Waals surface area contributed by atoms with Crippen molar-refractivity contribution in [3.63, 3.8) is 0 Å². The summed E-state index contributed by atoms with van der Waals surface area (Å²) in [4.78, 5) is 0. The minimum Gasteiger partial charge on any atom is -0.369 e. The highest BCUT2D eigenvalue weighted by atomic mass is 19.1. The van der Waals surface area contributed by atoms with Crippen molar-refractivity contribution in [2.45, 2.75) is 89.1 Å². The maximum atomic E-state index is 14.8. The fraction of sp³-hybridized carbons (Fsp3) is 1.00. The van der Waals surface area contributed by atoms with Crippen LogP contribution in [0.25, 0.3) is 0 Å². The minimum absolute atomic E-state index is 0.273. The first kappa shape index (κ1) is 13.5. The average molecular weight is 288 g/mol. The molecule has 3 aliphatic rings. The van der Waals surface area contributed by atoms with E-state index < -0.39 is 35.7 Å². The highest BCUT2D eigenvalue weighted by Crippen LogP contribution is 2.68. The highest BCUT2D eigenvalue weighted by Gasteiger charge is 2.79. The third kappa shape index (κ3) is 2.11. The van der Waals surface area contributed by atoms with E-state index in [9.17, 15) is 4.39 Å². The van der Waals surface area contributed by atoms with Crippen molar-refractivity contribution < 1.29 is 20.0 Å². The largest absolute Gasteiger partial charge is 0.369 e. The fourth-order valence-electron chi connectivity index (χ4n) is 4.02. The summed E-state index contributed by atoms with van der Waals surface area (Å²) in [6.07, 6.45) is -0.438. The van der Waals surface area contributed by atoms with E-state index in [-0.39, 0.29) is 11.5 Å². The van der Waals surface area contributed by atoms with Crippen LogP contribution in [0.4, 0.5) is 4.39 Å². The van der Waals surface area contributed by atoms with Crippen molar-refractivity contribution in [2.24, 2.45) is 5.92 Å². The van der Waals surface area contributed by atoms with Crippen molar-refractivity contribution >= 4 is 0 Å². The van der Waals surface area contributed by atoms with Crippen LogP contribution in [0.15, 0.2) is 0 Å². The number of ether oxygens (including phenoxy) is 3. The zero-order valence-electron chi connectivity index (χ0n) is 14.3. The van der Waals surface area contributed by atoms with E-state index in [4.69, 9.17) is 15.6 Å². The van der Waals surface area contributed by atoms with Gasteiger partial charge in [0, 0.05) is 0 Å². The van der Waals surface area contributed by atoms with E-state index in [1.165, 1.54) is 0 Å². The van der Waals surface area contributed by atoms with Gasteiger partial charge in [0.2, 0.25) is 0 Å². The molecule has 0 unspecified atom stereocenters. The zero-order chi connectivity index (χ0) is 15.8. The van der Waals surface area contributed by atoms with Crippen LogP contribution in [-0.4, -0.2) is 41.3 Å². The fourth-order valence-corrected chi connectivity index (χ4v) is 4.02. The van der Waals surface area contributed by atoms with Gasteiger partial charge in [-0.3, -0.25) is 0 Å². The molecule has 0 aromatic heterocycles. The quantitative estimate of drug-likeness (QED) is 0.780. The first-order chi connectivity index (χ1) is 9.40. The molecule has 0 aromatic rings. The van der Waals surface area contributed by atoms with E-state index in [0.717, 1.165) is 6.42 Å². The third-order valence-electron chi connectivity index (χ3n) is 4.34. The molecule has 0 radical (unpaired) electrons.